The maximum absolute atomic E-state index is 13.7. The summed E-state index contributed by atoms with van der Waals surface area (Å²) in [5, 5.41) is 2.97. The molecule has 2 aliphatic rings. The summed E-state index contributed by atoms with van der Waals surface area (Å²) in [6.07, 6.45) is 5.91. The average Bonchev–Trinajstić information content (AvgIpc) is 3.49. The van der Waals surface area contributed by atoms with E-state index >= 15 is 0 Å². The minimum Gasteiger partial charge on any atom is -0.352 e. The number of fused-ring (bicyclic) bond motifs is 1. The van der Waals surface area contributed by atoms with Crippen molar-refractivity contribution in [2.24, 2.45) is 12.8 Å². The zero-order valence-electron chi connectivity index (χ0n) is 20.2. The molecule has 186 valence electrons. The smallest absolute Gasteiger partial charge is 0.332 e. The van der Waals surface area contributed by atoms with Crippen molar-refractivity contribution in [3.05, 3.63) is 56.7 Å². The Bertz CT molecular complexity index is 1340. The van der Waals surface area contributed by atoms with E-state index in [0.717, 1.165) is 55.2 Å². The molecule has 1 aromatic carbocycles. The van der Waals surface area contributed by atoms with Gasteiger partial charge in [-0.25, -0.2) is 9.36 Å². The lowest BCUT2D eigenvalue weighted by Gasteiger charge is -2.31. The molecule has 0 radical (unpaired) electrons. The van der Waals surface area contributed by atoms with Crippen molar-refractivity contribution in [1.82, 2.24) is 24.0 Å². The maximum atomic E-state index is 13.7. The van der Waals surface area contributed by atoms with Crippen LogP contribution in [-0.4, -0.2) is 49.8 Å². The number of benzene rings is 1. The van der Waals surface area contributed by atoms with Crippen molar-refractivity contribution >= 4 is 23.0 Å². The molecule has 3 N–H and O–H groups in total. The Balaban J connectivity index is 1.61. The summed E-state index contributed by atoms with van der Waals surface area (Å²) in [7, 11) is 1.60. The van der Waals surface area contributed by atoms with E-state index in [9.17, 15) is 14.4 Å². The van der Waals surface area contributed by atoms with Crippen molar-refractivity contribution in [2.45, 2.75) is 63.7 Å². The molecule has 1 atom stereocenters. The second kappa shape index (κ2) is 9.69. The lowest BCUT2D eigenvalue weighted by atomic mass is 10.1. The summed E-state index contributed by atoms with van der Waals surface area (Å²) >= 11 is 0. The highest BCUT2D eigenvalue weighted by atomic mass is 16.2. The minimum absolute atomic E-state index is 0.0218. The maximum Gasteiger partial charge on any atom is 0.332 e. The molecule has 35 heavy (non-hydrogen) atoms. The van der Waals surface area contributed by atoms with E-state index in [1.807, 2.05) is 34.9 Å². The molecule has 1 aliphatic heterocycles. The number of amides is 1. The molecular weight excluding hydrogens is 446 g/mol. The standard InChI is InChI=1S/C25H33N7O3/c1-29-22-21(23(34)32(25(29)35)16-20(33)27-19-11-5-6-12-19)31(14-17-8-3-2-4-9-17)24(28-22)30-13-7-10-18(26)15-30/h2-4,8-9,18-19H,5-7,10-16,26H2,1H3,(H,27,33)/t18-/m1/s1. The topological polar surface area (TPSA) is 120 Å². The highest BCUT2D eigenvalue weighted by Gasteiger charge is 2.27. The fraction of sp³-hybridized carbons (Fsp3) is 0.520. The van der Waals surface area contributed by atoms with Crippen LogP contribution >= 0.6 is 0 Å². The molecule has 3 heterocycles. The number of aryl methyl sites for hydroxylation is 1. The summed E-state index contributed by atoms with van der Waals surface area (Å²) in [5.74, 6) is 0.311. The lowest BCUT2D eigenvalue weighted by molar-refractivity contribution is -0.122. The van der Waals surface area contributed by atoms with Crippen LogP contribution in [0.15, 0.2) is 39.9 Å². The molecule has 1 saturated heterocycles. The normalized spacial score (nSPS) is 18.9. The van der Waals surface area contributed by atoms with Crippen LogP contribution in [0.25, 0.3) is 11.2 Å². The molecule has 10 nitrogen and oxygen atoms in total. The number of anilines is 1. The van der Waals surface area contributed by atoms with Crippen molar-refractivity contribution in [3.63, 3.8) is 0 Å². The van der Waals surface area contributed by atoms with Gasteiger partial charge >= 0.3 is 5.69 Å². The Morgan fingerprint density at radius 3 is 2.54 bits per heavy atom. The van der Waals surface area contributed by atoms with Gasteiger partial charge in [0.05, 0.1) is 6.54 Å². The van der Waals surface area contributed by atoms with Gasteiger partial charge in [-0.3, -0.25) is 18.7 Å². The van der Waals surface area contributed by atoms with Gasteiger partial charge < -0.3 is 16.0 Å². The highest BCUT2D eigenvalue weighted by Crippen LogP contribution is 2.24. The molecule has 0 unspecified atom stereocenters. The Morgan fingerprint density at radius 1 is 1.09 bits per heavy atom. The van der Waals surface area contributed by atoms with Crippen molar-refractivity contribution in [3.8, 4) is 0 Å². The average molecular weight is 480 g/mol. The van der Waals surface area contributed by atoms with E-state index < -0.39 is 11.2 Å². The van der Waals surface area contributed by atoms with Gasteiger partial charge in [-0.15, -0.1) is 0 Å². The first-order valence-electron chi connectivity index (χ1n) is 12.5. The SMILES string of the molecule is Cn1c(=O)n(CC(=O)NC2CCCC2)c(=O)c2c1nc(N1CCC[C@@H](N)C1)n2Cc1ccccc1. The molecule has 1 saturated carbocycles. The Kier molecular flexibility index (Phi) is 6.46. The number of carbonyl (C=O) groups is 1. The van der Waals surface area contributed by atoms with Crippen LogP contribution in [0.5, 0.6) is 0 Å². The lowest BCUT2D eigenvalue weighted by Crippen LogP contribution is -2.45. The summed E-state index contributed by atoms with van der Waals surface area (Å²) < 4.78 is 4.27. The van der Waals surface area contributed by atoms with Gasteiger partial charge in [-0.05, 0) is 31.2 Å². The number of rotatable bonds is 6. The monoisotopic (exact) mass is 479 g/mol. The van der Waals surface area contributed by atoms with Gasteiger partial charge in [0.2, 0.25) is 11.9 Å². The molecular formula is C25H33N7O3. The molecule has 3 aromatic rings. The summed E-state index contributed by atoms with van der Waals surface area (Å²) in [6.45, 7) is 1.51. The van der Waals surface area contributed by atoms with E-state index in [-0.39, 0.29) is 24.5 Å². The first-order chi connectivity index (χ1) is 16.9. The van der Waals surface area contributed by atoms with Gasteiger partial charge in [0.15, 0.2) is 11.2 Å². The van der Waals surface area contributed by atoms with E-state index in [1.165, 1.54) is 4.57 Å². The van der Waals surface area contributed by atoms with Gasteiger partial charge in [-0.1, -0.05) is 43.2 Å². The van der Waals surface area contributed by atoms with Crippen LogP contribution in [0.3, 0.4) is 0 Å². The summed E-state index contributed by atoms with van der Waals surface area (Å²) in [4.78, 5) is 46.4. The molecule has 10 heteroatoms. The molecule has 1 amide bonds. The molecule has 2 fully saturated rings. The minimum atomic E-state index is -0.546. The molecule has 2 aromatic heterocycles. The van der Waals surface area contributed by atoms with Gasteiger partial charge in [-0.2, -0.15) is 4.98 Å². The molecule has 0 bridgehead atoms. The second-order valence-corrected chi connectivity index (χ2v) is 9.79. The fourth-order valence-electron chi connectivity index (χ4n) is 5.34. The second-order valence-electron chi connectivity index (χ2n) is 9.79. The number of nitrogens with one attached hydrogen (secondary N) is 1. The predicted octanol–water partition coefficient (Wildman–Crippen LogP) is 0.931. The quantitative estimate of drug-likeness (QED) is 0.543. The molecule has 1 aliphatic carbocycles. The molecule has 0 spiro atoms. The first-order valence-corrected chi connectivity index (χ1v) is 12.5. The van der Waals surface area contributed by atoms with E-state index in [2.05, 4.69) is 10.2 Å². The third kappa shape index (κ3) is 4.62. The van der Waals surface area contributed by atoms with E-state index in [4.69, 9.17) is 10.7 Å². The predicted molar refractivity (Wildman–Crippen MR) is 135 cm³/mol. The third-order valence-electron chi connectivity index (χ3n) is 7.16. The van der Waals surface area contributed by atoms with Crippen LogP contribution in [0.4, 0.5) is 5.95 Å². The third-order valence-corrected chi connectivity index (χ3v) is 7.16. The Morgan fingerprint density at radius 2 is 1.83 bits per heavy atom. The van der Waals surface area contributed by atoms with Crippen molar-refractivity contribution < 1.29 is 4.79 Å². The van der Waals surface area contributed by atoms with E-state index in [1.54, 1.807) is 7.05 Å². The first kappa shape index (κ1) is 23.3. The number of aromatic nitrogens is 4. The van der Waals surface area contributed by atoms with Crippen LogP contribution in [0, 0.1) is 0 Å². The number of piperidine rings is 1. The fourth-order valence-corrected chi connectivity index (χ4v) is 5.34. The van der Waals surface area contributed by atoms with Gasteiger partial charge in [0, 0.05) is 32.2 Å². The van der Waals surface area contributed by atoms with Crippen LogP contribution in [0.1, 0.15) is 44.1 Å². The largest absolute Gasteiger partial charge is 0.352 e. The van der Waals surface area contributed by atoms with Crippen molar-refractivity contribution in [2.75, 3.05) is 18.0 Å². The number of hydrogen-bond acceptors (Lipinski definition) is 6. The van der Waals surface area contributed by atoms with Crippen LogP contribution in [0.2, 0.25) is 0 Å². The zero-order valence-corrected chi connectivity index (χ0v) is 20.2. The zero-order chi connectivity index (χ0) is 24.5. The van der Waals surface area contributed by atoms with Crippen molar-refractivity contribution in [1.29, 1.82) is 0 Å². The summed E-state index contributed by atoms with van der Waals surface area (Å²) in [6, 6.07) is 9.97. The number of imidazole rings is 1. The highest BCUT2D eigenvalue weighted by molar-refractivity contribution is 5.78. The molecule has 5 rings (SSSR count). The number of nitrogens with two attached hydrogens (primary N) is 1. The number of hydrogen-bond donors (Lipinski definition) is 2. The number of carbonyl (C=O) groups excluding carboxylic acids is 1. The van der Waals surface area contributed by atoms with Gasteiger partial charge in [0.1, 0.15) is 6.54 Å². The van der Waals surface area contributed by atoms with E-state index in [0.29, 0.717) is 30.2 Å². The van der Waals surface area contributed by atoms with Crippen LogP contribution < -0.4 is 27.2 Å². The Hall–Kier alpha value is -3.40. The Labute approximate surface area is 203 Å². The van der Waals surface area contributed by atoms with Gasteiger partial charge in [0.25, 0.3) is 5.56 Å². The number of nitrogens with zero attached hydrogens (tertiary/aromatic N) is 5. The summed E-state index contributed by atoms with van der Waals surface area (Å²) in [5.41, 5.74) is 6.84. The van der Waals surface area contributed by atoms with Crippen LogP contribution in [-0.2, 0) is 24.9 Å².